The van der Waals surface area contributed by atoms with Crippen LogP contribution in [0.25, 0.3) is 0 Å². The molecule has 2 atom stereocenters. The summed E-state index contributed by atoms with van der Waals surface area (Å²) in [7, 11) is 0. The topological polar surface area (TPSA) is 53.0 Å². The molecule has 0 spiro atoms. The van der Waals surface area contributed by atoms with Crippen molar-refractivity contribution in [1.82, 2.24) is 0 Å². The molecule has 0 aliphatic carbocycles. The van der Waals surface area contributed by atoms with Gasteiger partial charge in [0.25, 0.3) is 0 Å². The maximum atomic E-state index is 9.15. The highest BCUT2D eigenvalue weighted by molar-refractivity contribution is 6.32. The van der Waals surface area contributed by atoms with Gasteiger partial charge in [-0.3, -0.25) is 0 Å². The molecule has 0 amide bonds. The molecule has 17 heavy (non-hydrogen) atoms. The van der Waals surface area contributed by atoms with Crippen molar-refractivity contribution >= 4 is 17.3 Å². The SMILES string of the molecule is CC(N)C1CCN(c2cccc(Cl)c2C#N)C1. The standard InChI is InChI=1S/C13H16ClN3/c1-9(16)10-5-6-17(8-10)13-4-2-3-12(14)11(13)7-15/h2-4,9-10H,5-6,8,16H2,1H3. The fourth-order valence-electron chi connectivity index (χ4n) is 2.32. The molecule has 1 saturated heterocycles. The Bertz CT molecular complexity index is 450. The molecule has 0 saturated carbocycles. The largest absolute Gasteiger partial charge is 0.370 e. The maximum absolute atomic E-state index is 9.15. The quantitative estimate of drug-likeness (QED) is 0.876. The van der Waals surface area contributed by atoms with Gasteiger partial charge in [-0.05, 0) is 31.4 Å². The van der Waals surface area contributed by atoms with Crippen LogP contribution < -0.4 is 10.6 Å². The molecule has 1 aromatic rings. The highest BCUT2D eigenvalue weighted by Crippen LogP contribution is 2.31. The van der Waals surface area contributed by atoms with Gasteiger partial charge in [0, 0.05) is 19.1 Å². The smallest absolute Gasteiger partial charge is 0.103 e. The Kier molecular flexibility index (Phi) is 3.56. The molecule has 1 fully saturated rings. The zero-order chi connectivity index (χ0) is 12.4. The first-order valence-electron chi connectivity index (χ1n) is 5.82. The Morgan fingerprint density at radius 1 is 1.59 bits per heavy atom. The minimum Gasteiger partial charge on any atom is -0.370 e. The molecular formula is C13H16ClN3. The summed E-state index contributed by atoms with van der Waals surface area (Å²) in [5.41, 5.74) is 7.42. The number of halogens is 1. The van der Waals surface area contributed by atoms with E-state index in [0.29, 0.717) is 16.5 Å². The molecule has 4 heteroatoms. The van der Waals surface area contributed by atoms with E-state index in [4.69, 9.17) is 22.6 Å². The van der Waals surface area contributed by atoms with Crippen molar-refractivity contribution in [2.24, 2.45) is 11.7 Å². The van der Waals surface area contributed by atoms with E-state index in [1.54, 1.807) is 6.07 Å². The highest BCUT2D eigenvalue weighted by Gasteiger charge is 2.27. The van der Waals surface area contributed by atoms with Crippen molar-refractivity contribution in [3.05, 3.63) is 28.8 Å². The van der Waals surface area contributed by atoms with E-state index in [9.17, 15) is 0 Å². The Morgan fingerprint density at radius 2 is 2.35 bits per heavy atom. The van der Waals surface area contributed by atoms with Gasteiger partial charge in [-0.2, -0.15) is 5.26 Å². The Hall–Kier alpha value is -1.24. The van der Waals surface area contributed by atoms with Crippen LogP contribution in [0.1, 0.15) is 18.9 Å². The maximum Gasteiger partial charge on any atom is 0.103 e. The zero-order valence-corrected chi connectivity index (χ0v) is 10.6. The van der Waals surface area contributed by atoms with E-state index < -0.39 is 0 Å². The average molecular weight is 250 g/mol. The summed E-state index contributed by atoms with van der Waals surface area (Å²) in [6.07, 6.45) is 1.08. The predicted molar refractivity (Wildman–Crippen MR) is 70.1 cm³/mol. The first-order chi connectivity index (χ1) is 8.13. The molecule has 0 bridgehead atoms. The highest BCUT2D eigenvalue weighted by atomic mass is 35.5. The van der Waals surface area contributed by atoms with Crippen molar-refractivity contribution < 1.29 is 0 Å². The summed E-state index contributed by atoms with van der Waals surface area (Å²) in [6, 6.07) is 7.97. The lowest BCUT2D eigenvalue weighted by atomic mass is 10.0. The minimum absolute atomic E-state index is 0.199. The van der Waals surface area contributed by atoms with Crippen LogP contribution in [0.4, 0.5) is 5.69 Å². The van der Waals surface area contributed by atoms with Gasteiger partial charge in [0.15, 0.2) is 0 Å². The summed E-state index contributed by atoms with van der Waals surface area (Å²) < 4.78 is 0. The van der Waals surface area contributed by atoms with Crippen LogP contribution in [0.5, 0.6) is 0 Å². The number of anilines is 1. The van der Waals surface area contributed by atoms with Crippen molar-refractivity contribution in [3.63, 3.8) is 0 Å². The zero-order valence-electron chi connectivity index (χ0n) is 9.86. The molecule has 1 aliphatic rings. The fraction of sp³-hybridized carbons (Fsp3) is 0.462. The van der Waals surface area contributed by atoms with Crippen LogP contribution in [-0.2, 0) is 0 Å². The number of nitrogens with zero attached hydrogens (tertiary/aromatic N) is 2. The number of rotatable bonds is 2. The summed E-state index contributed by atoms with van der Waals surface area (Å²) in [5.74, 6) is 0.500. The molecule has 1 aliphatic heterocycles. The van der Waals surface area contributed by atoms with Crippen molar-refractivity contribution in [2.45, 2.75) is 19.4 Å². The van der Waals surface area contributed by atoms with Crippen LogP contribution in [0, 0.1) is 17.2 Å². The van der Waals surface area contributed by atoms with Gasteiger partial charge in [0.1, 0.15) is 6.07 Å². The lowest BCUT2D eigenvalue weighted by molar-refractivity contribution is 0.488. The van der Waals surface area contributed by atoms with E-state index >= 15 is 0 Å². The van der Waals surface area contributed by atoms with Crippen LogP contribution in [0.15, 0.2) is 18.2 Å². The molecule has 90 valence electrons. The average Bonchev–Trinajstić information content (AvgIpc) is 2.77. The first-order valence-corrected chi connectivity index (χ1v) is 6.20. The summed E-state index contributed by atoms with van der Waals surface area (Å²) in [5, 5.41) is 9.67. The second kappa shape index (κ2) is 4.95. The number of nitrogens with two attached hydrogens (primary N) is 1. The van der Waals surface area contributed by atoms with Crippen molar-refractivity contribution in [2.75, 3.05) is 18.0 Å². The minimum atomic E-state index is 0.199. The van der Waals surface area contributed by atoms with Gasteiger partial charge in [-0.15, -0.1) is 0 Å². The summed E-state index contributed by atoms with van der Waals surface area (Å²) in [6.45, 7) is 3.89. The summed E-state index contributed by atoms with van der Waals surface area (Å²) in [4.78, 5) is 2.21. The molecular weight excluding hydrogens is 234 g/mol. The van der Waals surface area contributed by atoms with Gasteiger partial charge < -0.3 is 10.6 Å². The van der Waals surface area contributed by atoms with Gasteiger partial charge in [0.2, 0.25) is 0 Å². The van der Waals surface area contributed by atoms with Gasteiger partial charge in [0.05, 0.1) is 16.3 Å². The molecule has 2 rings (SSSR count). The van der Waals surface area contributed by atoms with Gasteiger partial charge >= 0.3 is 0 Å². The predicted octanol–water partition coefficient (Wildman–Crippen LogP) is 2.39. The molecule has 2 unspecified atom stereocenters. The molecule has 0 aromatic heterocycles. The normalized spacial score (nSPS) is 21.3. The third-order valence-corrected chi connectivity index (χ3v) is 3.73. The van der Waals surface area contributed by atoms with Crippen molar-refractivity contribution in [1.29, 1.82) is 5.26 Å². The monoisotopic (exact) mass is 249 g/mol. The van der Waals surface area contributed by atoms with Gasteiger partial charge in [-0.25, -0.2) is 0 Å². The van der Waals surface area contributed by atoms with Crippen LogP contribution in [-0.4, -0.2) is 19.1 Å². The Morgan fingerprint density at radius 3 is 2.94 bits per heavy atom. The Balaban J connectivity index is 2.25. The summed E-state index contributed by atoms with van der Waals surface area (Å²) >= 11 is 6.03. The van der Waals surface area contributed by atoms with E-state index in [1.165, 1.54) is 0 Å². The molecule has 2 N–H and O–H groups in total. The van der Waals surface area contributed by atoms with Crippen LogP contribution >= 0.6 is 11.6 Å². The van der Waals surface area contributed by atoms with E-state index in [1.807, 2.05) is 19.1 Å². The molecule has 1 heterocycles. The lowest BCUT2D eigenvalue weighted by Gasteiger charge is -2.21. The number of hydrogen-bond acceptors (Lipinski definition) is 3. The van der Waals surface area contributed by atoms with Crippen LogP contribution in [0.3, 0.4) is 0 Å². The molecule has 1 aromatic carbocycles. The third kappa shape index (κ3) is 2.38. The lowest BCUT2D eigenvalue weighted by Crippen LogP contribution is -2.29. The Labute approximate surface area is 107 Å². The number of nitriles is 1. The second-order valence-electron chi connectivity index (χ2n) is 4.60. The third-order valence-electron chi connectivity index (χ3n) is 3.41. The number of hydrogen-bond donors (Lipinski definition) is 1. The molecule has 0 radical (unpaired) electrons. The van der Waals surface area contributed by atoms with E-state index in [-0.39, 0.29) is 6.04 Å². The number of benzene rings is 1. The van der Waals surface area contributed by atoms with E-state index in [2.05, 4.69) is 11.0 Å². The van der Waals surface area contributed by atoms with E-state index in [0.717, 1.165) is 25.2 Å². The second-order valence-corrected chi connectivity index (χ2v) is 5.01. The molecule has 3 nitrogen and oxygen atoms in total. The van der Waals surface area contributed by atoms with Crippen LogP contribution in [0.2, 0.25) is 5.02 Å². The first kappa shape index (κ1) is 12.2. The van der Waals surface area contributed by atoms with Gasteiger partial charge in [-0.1, -0.05) is 17.7 Å². The fourth-order valence-corrected chi connectivity index (χ4v) is 2.53. The van der Waals surface area contributed by atoms with Crippen molar-refractivity contribution in [3.8, 4) is 6.07 Å².